The van der Waals surface area contributed by atoms with Crippen molar-refractivity contribution in [3.05, 3.63) is 106 Å². The maximum atomic E-state index is 6.62. The fourth-order valence-electron chi connectivity index (χ4n) is 4.46. The number of nitrogens with zero attached hydrogens (tertiary/aromatic N) is 2. The molecule has 0 saturated carbocycles. The van der Waals surface area contributed by atoms with Gasteiger partial charge in [0.25, 0.3) is 0 Å². The number of rotatable bonds is 6. The molecule has 4 aromatic carbocycles. The maximum Gasteiger partial charge on any atom is 0.141 e. The monoisotopic (exact) mass is 446 g/mol. The second-order valence-corrected chi connectivity index (χ2v) is 8.74. The largest absolute Gasteiger partial charge is 0.342 e. The van der Waals surface area contributed by atoms with E-state index in [1.54, 1.807) is 0 Å². The van der Waals surface area contributed by atoms with Crippen molar-refractivity contribution >= 4 is 44.7 Å². The van der Waals surface area contributed by atoms with Crippen molar-refractivity contribution in [3.63, 3.8) is 0 Å². The van der Waals surface area contributed by atoms with Crippen LogP contribution in [0.25, 0.3) is 21.5 Å². The van der Waals surface area contributed by atoms with Crippen molar-refractivity contribution in [2.75, 3.05) is 19.8 Å². The summed E-state index contributed by atoms with van der Waals surface area (Å²) in [4.78, 5) is 4.35. The fourth-order valence-corrected chi connectivity index (χ4v) is 4.98. The minimum Gasteiger partial charge on any atom is -0.342 e. The predicted molar refractivity (Wildman–Crippen MR) is 132 cm³/mol. The summed E-state index contributed by atoms with van der Waals surface area (Å²) in [5.74, 6) is 0. The third-order valence-corrected chi connectivity index (χ3v) is 7.06. The minimum atomic E-state index is 0.653. The van der Waals surface area contributed by atoms with E-state index < -0.39 is 0 Å². The van der Waals surface area contributed by atoms with Crippen LogP contribution in [0.1, 0.15) is 11.1 Å². The summed E-state index contributed by atoms with van der Waals surface area (Å²) in [7, 11) is 0. The summed E-state index contributed by atoms with van der Waals surface area (Å²) in [6, 6.07) is 30.0. The van der Waals surface area contributed by atoms with Crippen LogP contribution in [0.5, 0.6) is 0 Å². The van der Waals surface area contributed by atoms with E-state index in [0.29, 0.717) is 10.3 Å². The van der Waals surface area contributed by atoms with E-state index in [9.17, 15) is 0 Å². The fraction of sp³-hybridized carbons (Fsp3) is 0.185. The van der Waals surface area contributed by atoms with Crippen molar-refractivity contribution < 1.29 is 0 Å². The summed E-state index contributed by atoms with van der Waals surface area (Å²) in [5.41, 5.74) is 2.68. The van der Waals surface area contributed by atoms with E-state index in [0.717, 1.165) is 32.6 Å². The van der Waals surface area contributed by atoms with E-state index >= 15 is 0 Å². The van der Waals surface area contributed by atoms with Crippen LogP contribution in [-0.2, 0) is 12.8 Å². The molecular weight excluding hydrogens is 423 g/mol. The van der Waals surface area contributed by atoms with Gasteiger partial charge in [-0.05, 0) is 45.5 Å². The standard InChI is InChI=1S/C27H24Cl2N2/c28-26-27(29)31(18-16-23-12-6-10-21-8-2-4-14-25(21)23)19-30(26)17-15-22-11-5-9-20-7-1-3-13-24(20)22/h1-14H,15-19H2. The number of benzene rings is 4. The minimum absolute atomic E-state index is 0.653. The molecule has 0 atom stereocenters. The molecule has 0 aliphatic carbocycles. The van der Waals surface area contributed by atoms with Crippen molar-refractivity contribution in [3.8, 4) is 0 Å². The van der Waals surface area contributed by atoms with Crippen molar-refractivity contribution in [2.24, 2.45) is 0 Å². The Kier molecular flexibility index (Phi) is 5.76. The first-order valence-electron chi connectivity index (χ1n) is 10.7. The number of hydrogen-bond donors (Lipinski definition) is 0. The van der Waals surface area contributed by atoms with Crippen LogP contribution in [0, 0.1) is 0 Å². The van der Waals surface area contributed by atoms with Gasteiger partial charge >= 0.3 is 0 Å². The van der Waals surface area contributed by atoms with E-state index in [1.807, 2.05) is 0 Å². The highest BCUT2D eigenvalue weighted by molar-refractivity contribution is 6.38. The molecule has 2 nitrogen and oxygen atoms in total. The summed E-state index contributed by atoms with van der Waals surface area (Å²) < 4.78 is 0. The molecule has 0 N–H and O–H groups in total. The number of hydrogen-bond acceptors (Lipinski definition) is 2. The van der Waals surface area contributed by atoms with Gasteiger partial charge in [-0.25, -0.2) is 0 Å². The second-order valence-electron chi connectivity index (χ2n) is 8.03. The lowest BCUT2D eigenvalue weighted by Gasteiger charge is -2.23. The first-order chi connectivity index (χ1) is 15.2. The molecule has 0 spiro atoms. The maximum absolute atomic E-state index is 6.62. The van der Waals surface area contributed by atoms with Crippen molar-refractivity contribution in [2.45, 2.75) is 12.8 Å². The Balaban J connectivity index is 1.26. The quantitative estimate of drug-likeness (QED) is 0.295. The van der Waals surface area contributed by atoms with E-state index in [1.165, 1.54) is 32.7 Å². The average molecular weight is 447 g/mol. The van der Waals surface area contributed by atoms with Crippen LogP contribution in [0.4, 0.5) is 0 Å². The van der Waals surface area contributed by atoms with Crippen LogP contribution in [-0.4, -0.2) is 29.6 Å². The SMILES string of the molecule is ClC1=C(Cl)N(CCc2cccc3ccccc23)CN1CCc1cccc2ccccc12. The Bertz CT molecular complexity index is 1160. The number of halogens is 2. The molecule has 1 aliphatic heterocycles. The molecular formula is C27H24Cl2N2. The number of fused-ring (bicyclic) bond motifs is 2. The average Bonchev–Trinajstić information content (AvgIpc) is 3.09. The Morgan fingerprint density at radius 1 is 0.548 bits per heavy atom. The highest BCUT2D eigenvalue weighted by atomic mass is 35.5. The molecule has 0 bridgehead atoms. The Labute approximate surface area is 193 Å². The summed E-state index contributed by atoms with van der Waals surface area (Å²) in [5, 5.41) is 6.47. The first kappa shape index (κ1) is 20.2. The van der Waals surface area contributed by atoms with E-state index in [-0.39, 0.29) is 0 Å². The lowest BCUT2D eigenvalue weighted by Crippen LogP contribution is -2.30. The summed E-state index contributed by atoms with van der Waals surface area (Å²) in [6.07, 6.45) is 1.86. The Morgan fingerprint density at radius 2 is 0.968 bits per heavy atom. The van der Waals surface area contributed by atoms with E-state index in [4.69, 9.17) is 23.2 Å². The molecule has 0 radical (unpaired) electrons. The lowest BCUT2D eigenvalue weighted by atomic mass is 10.0. The van der Waals surface area contributed by atoms with Crippen LogP contribution in [0.2, 0.25) is 0 Å². The normalized spacial score (nSPS) is 14.3. The van der Waals surface area contributed by atoms with Gasteiger partial charge in [0.2, 0.25) is 0 Å². The highest BCUT2D eigenvalue weighted by Gasteiger charge is 2.26. The van der Waals surface area contributed by atoms with Crippen LogP contribution in [0.15, 0.2) is 95.2 Å². The van der Waals surface area contributed by atoms with Crippen molar-refractivity contribution in [1.82, 2.24) is 9.80 Å². The van der Waals surface area contributed by atoms with Crippen LogP contribution in [0.3, 0.4) is 0 Å². The molecule has 31 heavy (non-hydrogen) atoms. The van der Waals surface area contributed by atoms with Gasteiger partial charge in [0, 0.05) is 13.1 Å². The molecule has 0 unspecified atom stereocenters. The predicted octanol–water partition coefficient (Wildman–Crippen LogP) is 6.96. The molecule has 5 rings (SSSR count). The molecule has 1 heterocycles. The highest BCUT2D eigenvalue weighted by Crippen LogP contribution is 2.31. The van der Waals surface area contributed by atoms with Crippen LogP contribution >= 0.6 is 23.2 Å². The zero-order valence-electron chi connectivity index (χ0n) is 17.3. The van der Waals surface area contributed by atoms with Gasteiger partial charge in [-0.1, -0.05) is 108 Å². The van der Waals surface area contributed by atoms with Gasteiger partial charge in [0.15, 0.2) is 0 Å². The molecule has 1 aliphatic rings. The zero-order chi connectivity index (χ0) is 21.2. The zero-order valence-corrected chi connectivity index (χ0v) is 18.8. The molecule has 156 valence electrons. The molecule has 4 heteroatoms. The van der Waals surface area contributed by atoms with Gasteiger partial charge in [0.1, 0.15) is 10.3 Å². The molecule has 0 saturated heterocycles. The Morgan fingerprint density at radius 3 is 1.45 bits per heavy atom. The third kappa shape index (κ3) is 4.11. The topological polar surface area (TPSA) is 6.48 Å². The molecule has 0 fully saturated rings. The van der Waals surface area contributed by atoms with Gasteiger partial charge in [0.05, 0.1) is 6.67 Å². The summed E-state index contributed by atoms with van der Waals surface area (Å²) in [6.45, 7) is 2.41. The Hall–Kier alpha value is -2.68. The molecule has 0 amide bonds. The van der Waals surface area contributed by atoms with Crippen molar-refractivity contribution in [1.29, 1.82) is 0 Å². The molecule has 4 aromatic rings. The first-order valence-corrected chi connectivity index (χ1v) is 11.4. The van der Waals surface area contributed by atoms with Crippen LogP contribution < -0.4 is 0 Å². The second kappa shape index (κ2) is 8.82. The summed E-state index contributed by atoms with van der Waals surface area (Å²) >= 11 is 13.2. The smallest absolute Gasteiger partial charge is 0.141 e. The lowest BCUT2D eigenvalue weighted by molar-refractivity contribution is 0.262. The van der Waals surface area contributed by atoms with Gasteiger partial charge in [-0.15, -0.1) is 0 Å². The molecule has 0 aromatic heterocycles. The van der Waals surface area contributed by atoms with Gasteiger partial charge in [-0.3, -0.25) is 0 Å². The van der Waals surface area contributed by atoms with Gasteiger partial charge in [-0.2, -0.15) is 0 Å². The third-order valence-electron chi connectivity index (χ3n) is 6.13. The van der Waals surface area contributed by atoms with Gasteiger partial charge < -0.3 is 9.80 Å². The van der Waals surface area contributed by atoms with E-state index in [2.05, 4.69) is 94.7 Å².